The molecular formula is C21H34N3O2+. The lowest BCUT2D eigenvalue weighted by Gasteiger charge is -2.24. The van der Waals surface area contributed by atoms with Gasteiger partial charge in [-0.15, -0.1) is 0 Å². The molecule has 0 saturated heterocycles. The molecule has 0 unspecified atom stereocenters. The summed E-state index contributed by atoms with van der Waals surface area (Å²) in [5.41, 5.74) is 1.91. The molecule has 0 spiro atoms. The first-order valence-electron chi connectivity index (χ1n) is 9.92. The van der Waals surface area contributed by atoms with Gasteiger partial charge in [0, 0.05) is 12.7 Å². The molecule has 26 heavy (non-hydrogen) atoms. The average Bonchev–Trinajstić information content (AvgIpc) is 2.58. The summed E-state index contributed by atoms with van der Waals surface area (Å²) in [6.07, 6.45) is 8.87. The maximum absolute atomic E-state index is 12.6. The topological polar surface area (TPSA) is 66.0 Å². The zero-order chi connectivity index (χ0) is 18.9. The Bertz CT molecular complexity index is 577. The van der Waals surface area contributed by atoms with Crippen LogP contribution in [0.5, 0.6) is 0 Å². The molecule has 5 nitrogen and oxygen atoms in total. The number of hydrogen-bond acceptors (Lipinski definition) is 2. The highest BCUT2D eigenvalue weighted by Crippen LogP contribution is 2.15. The smallest absolute Gasteiger partial charge is 0.280 e. The van der Waals surface area contributed by atoms with Gasteiger partial charge in [-0.05, 0) is 51.7 Å². The number of anilines is 1. The molecule has 5 heteroatoms. The summed E-state index contributed by atoms with van der Waals surface area (Å²) in [6, 6.07) is 8.05. The van der Waals surface area contributed by atoms with E-state index in [1.54, 1.807) is 7.05 Å². The molecule has 1 fully saturated rings. The number of carbonyl (C=O) groups excluding carboxylic acids is 2. The summed E-state index contributed by atoms with van der Waals surface area (Å²) in [5, 5.41) is 5.06. The summed E-state index contributed by atoms with van der Waals surface area (Å²) in [7, 11) is 1.71. The maximum atomic E-state index is 12.6. The Morgan fingerprint density at radius 3 is 2.31 bits per heavy atom. The van der Waals surface area contributed by atoms with Crippen molar-refractivity contribution in [2.75, 3.05) is 18.9 Å². The molecule has 0 bridgehead atoms. The Balaban J connectivity index is 1.79. The third kappa shape index (κ3) is 6.79. The van der Waals surface area contributed by atoms with Crippen molar-refractivity contribution < 1.29 is 14.9 Å². The number of quaternary nitrogens is 1. The molecule has 0 heterocycles. The lowest BCUT2D eigenvalue weighted by atomic mass is 9.96. The fraction of sp³-hybridized carbons (Fsp3) is 0.619. The molecule has 2 rings (SSSR count). The zero-order valence-electron chi connectivity index (χ0n) is 16.5. The van der Waals surface area contributed by atoms with Crippen molar-refractivity contribution in [2.24, 2.45) is 0 Å². The van der Waals surface area contributed by atoms with Crippen molar-refractivity contribution in [2.45, 2.75) is 70.9 Å². The normalized spacial score (nSPS) is 17.0. The SMILES string of the molecule is Cc1ccc(NC(=O)CN(C)C(=O)[C@@H](C)[NH2+]C2CCCCCCC2)cc1. The summed E-state index contributed by atoms with van der Waals surface area (Å²) in [6.45, 7) is 4.04. The van der Waals surface area contributed by atoms with Gasteiger partial charge in [0.15, 0.2) is 6.04 Å². The fourth-order valence-corrected chi connectivity index (χ4v) is 3.65. The van der Waals surface area contributed by atoms with Crippen LogP contribution in [-0.2, 0) is 9.59 Å². The lowest BCUT2D eigenvalue weighted by Crippen LogP contribution is -2.96. The molecule has 3 N–H and O–H groups in total. The van der Waals surface area contributed by atoms with Gasteiger partial charge < -0.3 is 15.5 Å². The van der Waals surface area contributed by atoms with Crippen molar-refractivity contribution in [1.82, 2.24) is 4.90 Å². The number of benzene rings is 1. The number of nitrogens with one attached hydrogen (secondary N) is 1. The largest absolute Gasteiger partial charge is 0.334 e. The molecule has 1 atom stereocenters. The van der Waals surface area contributed by atoms with E-state index in [1.807, 2.05) is 38.1 Å². The van der Waals surface area contributed by atoms with E-state index in [9.17, 15) is 9.59 Å². The number of nitrogens with two attached hydrogens (primary N) is 1. The second kappa shape index (κ2) is 10.3. The summed E-state index contributed by atoms with van der Waals surface area (Å²) in [4.78, 5) is 26.3. The molecule has 0 radical (unpaired) electrons. The third-order valence-electron chi connectivity index (χ3n) is 5.19. The Labute approximate surface area is 157 Å². The van der Waals surface area contributed by atoms with E-state index >= 15 is 0 Å². The van der Waals surface area contributed by atoms with Crippen LogP contribution in [0, 0.1) is 6.92 Å². The minimum absolute atomic E-state index is 0.0196. The van der Waals surface area contributed by atoms with Crippen molar-refractivity contribution >= 4 is 17.5 Å². The van der Waals surface area contributed by atoms with Crippen LogP contribution in [0.3, 0.4) is 0 Å². The number of likely N-dealkylation sites (N-methyl/N-ethyl adjacent to an activating group) is 1. The molecule has 1 aliphatic rings. The van der Waals surface area contributed by atoms with Crippen molar-refractivity contribution in [3.05, 3.63) is 29.8 Å². The van der Waals surface area contributed by atoms with Gasteiger partial charge in [-0.3, -0.25) is 9.59 Å². The quantitative estimate of drug-likeness (QED) is 0.818. The monoisotopic (exact) mass is 360 g/mol. The predicted octanol–water partition coefficient (Wildman–Crippen LogP) is 2.46. The van der Waals surface area contributed by atoms with Crippen LogP contribution >= 0.6 is 0 Å². The minimum Gasteiger partial charge on any atom is -0.334 e. The van der Waals surface area contributed by atoms with E-state index in [0.29, 0.717) is 6.04 Å². The number of nitrogens with zero attached hydrogens (tertiary/aromatic N) is 1. The van der Waals surface area contributed by atoms with Crippen LogP contribution < -0.4 is 10.6 Å². The van der Waals surface area contributed by atoms with Gasteiger partial charge in [-0.25, -0.2) is 0 Å². The molecule has 0 aromatic heterocycles. The van der Waals surface area contributed by atoms with Crippen LogP contribution in [0.4, 0.5) is 5.69 Å². The van der Waals surface area contributed by atoms with Crippen LogP contribution in [0.2, 0.25) is 0 Å². The lowest BCUT2D eigenvalue weighted by molar-refractivity contribution is -0.708. The first kappa shape index (κ1) is 20.4. The molecule has 1 aliphatic carbocycles. The van der Waals surface area contributed by atoms with Crippen molar-refractivity contribution in [3.63, 3.8) is 0 Å². The number of hydrogen-bond donors (Lipinski definition) is 2. The van der Waals surface area contributed by atoms with Gasteiger partial charge in [-0.1, -0.05) is 37.0 Å². The second-order valence-electron chi connectivity index (χ2n) is 7.69. The van der Waals surface area contributed by atoms with Gasteiger partial charge >= 0.3 is 0 Å². The Kier molecular flexibility index (Phi) is 8.10. The first-order valence-corrected chi connectivity index (χ1v) is 9.92. The standard InChI is InChI=1S/C21H33N3O2/c1-16-11-13-19(14-12-16)23-20(25)15-24(3)21(26)17(2)22-18-9-7-5-4-6-8-10-18/h11-14,17-18,22H,4-10,15H2,1-3H3,(H,23,25)/p+1/t17-/m1/s1. The molecule has 1 aromatic rings. The van der Waals surface area contributed by atoms with E-state index in [1.165, 1.54) is 49.8 Å². The molecule has 0 aliphatic heterocycles. The number of amides is 2. The van der Waals surface area contributed by atoms with Crippen LogP contribution in [0.15, 0.2) is 24.3 Å². The van der Waals surface area contributed by atoms with E-state index in [-0.39, 0.29) is 24.4 Å². The van der Waals surface area contributed by atoms with Crippen molar-refractivity contribution in [1.29, 1.82) is 0 Å². The maximum Gasteiger partial charge on any atom is 0.280 e. The van der Waals surface area contributed by atoms with Crippen LogP contribution in [0.1, 0.15) is 57.4 Å². The first-order chi connectivity index (χ1) is 12.5. The van der Waals surface area contributed by atoms with Gasteiger partial charge in [0.2, 0.25) is 5.91 Å². The van der Waals surface area contributed by atoms with Gasteiger partial charge in [0.25, 0.3) is 5.91 Å². The summed E-state index contributed by atoms with van der Waals surface area (Å²) in [5.74, 6) is -0.144. The van der Waals surface area contributed by atoms with E-state index in [0.717, 1.165) is 11.3 Å². The predicted molar refractivity (Wildman–Crippen MR) is 105 cm³/mol. The highest BCUT2D eigenvalue weighted by molar-refractivity contribution is 5.94. The Morgan fingerprint density at radius 1 is 1.12 bits per heavy atom. The van der Waals surface area contributed by atoms with Gasteiger partial charge in [-0.2, -0.15) is 0 Å². The summed E-state index contributed by atoms with van der Waals surface area (Å²) >= 11 is 0. The molecule has 144 valence electrons. The van der Waals surface area contributed by atoms with Gasteiger partial charge in [0.05, 0.1) is 12.6 Å². The van der Waals surface area contributed by atoms with Crippen LogP contribution in [0.25, 0.3) is 0 Å². The number of carbonyl (C=O) groups is 2. The van der Waals surface area contributed by atoms with Crippen LogP contribution in [-0.4, -0.2) is 42.4 Å². The van der Waals surface area contributed by atoms with Gasteiger partial charge in [0.1, 0.15) is 0 Å². The Morgan fingerprint density at radius 2 is 1.69 bits per heavy atom. The van der Waals surface area contributed by atoms with E-state index in [4.69, 9.17) is 0 Å². The third-order valence-corrected chi connectivity index (χ3v) is 5.19. The molecule has 2 amide bonds. The Hall–Kier alpha value is -1.88. The molecule has 1 aromatic carbocycles. The number of rotatable bonds is 6. The van der Waals surface area contributed by atoms with E-state index < -0.39 is 0 Å². The van der Waals surface area contributed by atoms with E-state index in [2.05, 4.69) is 10.6 Å². The fourth-order valence-electron chi connectivity index (χ4n) is 3.65. The van der Waals surface area contributed by atoms with Crippen molar-refractivity contribution in [3.8, 4) is 0 Å². The highest BCUT2D eigenvalue weighted by atomic mass is 16.2. The summed E-state index contributed by atoms with van der Waals surface area (Å²) < 4.78 is 0. The number of aryl methyl sites for hydroxylation is 1. The minimum atomic E-state index is -0.164. The highest BCUT2D eigenvalue weighted by Gasteiger charge is 2.25. The second-order valence-corrected chi connectivity index (χ2v) is 7.69. The average molecular weight is 361 g/mol. The molecule has 1 saturated carbocycles. The zero-order valence-corrected chi connectivity index (χ0v) is 16.5. The molecular weight excluding hydrogens is 326 g/mol.